The van der Waals surface area contributed by atoms with Crippen molar-refractivity contribution < 1.29 is 4.74 Å². The third kappa shape index (κ3) is 2.18. The van der Waals surface area contributed by atoms with Crippen molar-refractivity contribution in [2.24, 2.45) is 0 Å². The van der Waals surface area contributed by atoms with Crippen LogP contribution in [0.15, 0.2) is 54.4 Å². The average molecular weight is 406 g/mol. The fraction of sp³-hybridized carbons (Fsp3) is 0.379. The van der Waals surface area contributed by atoms with E-state index in [0.717, 1.165) is 30.5 Å². The van der Waals surface area contributed by atoms with Gasteiger partial charge in [-0.25, -0.2) is 0 Å². The van der Waals surface area contributed by atoms with Crippen LogP contribution in [-0.4, -0.2) is 10.4 Å². The molecule has 2 aliphatic carbocycles. The van der Waals surface area contributed by atoms with E-state index in [9.17, 15) is 0 Å². The van der Waals surface area contributed by atoms with Crippen molar-refractivity contribution in [2.75, 3.05) is 0 Å². The van der Waals surface area contributed by atoms with Crippen LogP contribution in [0.4, 0.5) is 0 Å². The molecule has 2 saturated carbocycles. The highest BCUT2D eigenvalue weighted by molar-refractivity contribution is 5.93. The van der Waals surface area contributed by atoms with Crippen LogP contribution < -0.4 is 4.74 Å². The van der Waals surface area contributed by atoms with Gasteiger partial charge in [0.15, 0.2) is 5.88 Å². The Labute approximate surface area is 183 Å². The second-order valence-corrected chi connectivity index (χ2v) is 10.5. The van der Waals surface area contributed by atoms with Gasteiger partial charge in [0.2, 0.25) is 0 Å². The van der Waals surface area contributed by atoms with Crippen LogP contribution in [0.25, 0.3) is 16.8 Å². The highest BCUT2D eigenvalue weighted by Crippen LogP contribution is 2.64. The molecule has 0 radical (unpaired) electrons. The Hall–Kier alpha value is -2.74. The van der Waals surface area contributed by atoms with E-state index < -0.39 is 0 Å². The first-order valence-corrected chi connectivity index (χ1v) is 12.1. The van der Waals surface area contributed by atoms with Crippen molar-refractivity contribution in [2.45, 2.75) is 68.9 Å². The highest BCUT2D eigenvalue weighted by Gasteiger charge is 2.62. The summed E-state index contributed by atoms with van der Waals surface area (Å²) < 4.78 is 6.59. The summed E-state index contributed by atoms with van der Waals surface area (Å²) in [4.78, 5) is 2.60. The lowest BCUT2D eigenvalue weighted by molar-refractivity contribution is 0.143. The standard InChI is InChI=1S/C29H27NO/c1-2-6-18(7-3-1)22-11-10-19-15-29-16-26(29)23-8-4-5-9-27(23)31-28-14-20-12-25(22)24(19)13-21(20)17-30(28)29/h4-5,8-14,18,26H,1-3,6-7,15-17H2. The molecule has 2 unspecified atom stereocenters. The maximum atomic E-state index is 6.59. The number of fused-ring (bicyclic) bond motifs is 2. The zero-order valence-corrected chi connectivity index (χ0v) is 17.9. The van der Waals surface area contributed by atoms with Crippen LogP contribution in [0.3, 0.4) is 0 Å². The summed E-state index contributed by atoms with van der Waals surface area (Å²) in [5.41, 5.74) is 7.53. The Kier molecular flexibility index (Phi) is 3.12. The molecule has 8 rings (SSSR count). The monoisotopic (exact) mass is 405 g/mol. The molecule has 3 aliphatic heterocycles. The Morgan fingerprint density at radius 3 is 2.71 bits per heavy atom. The molecule has 154 valence electrons. The van der Waals surface area contributed by atoms with Crippen molar-refractivity contribution in [3.63, 3.8) is 0 Å². The van der Waals surface area contributed by atoms with Crippen LogP contribution in [0.5, 0.6) is 5.75 Å². The summed E-state index contributed by atoms with van der Waals surface area (Å²) in [6.07, 6.45) is 11.6. The van der Waals surface area contributed by atoms with E-state index in [1.165, 1.54) is 71.6 Å². The third-order valence-corrected chi connectivity index (χ3v) is 8.91. The Balaban J connectivity index is 1.39. The second-order valence-electron chi connectivity index (χ2n) is 10.5. The van der Waals surface area contributed by atoms with Crippen molar-refractivity contribution >= 4 is 16.8 Å². The zero-order chi connectivity index (χ0) is 20.2. The number of hydrogen-bond donors (Lipinski definition) is 0. The van der Waals surface area contributed by atoms with Gasteiger partial charge >= 0.3 is 0 Å². The van der Waals surface area contributed by atoms with Gasteiger partial charge in [0, 0.05) is 24.1 Å². The van der Waals surface area contributed by atoms with Crippen LogP contribution >= 0.6 is 0 Å². The van der Waals surface area contributed by atoms with Crippen LogP contribution in [-0.2, 0) is 13.0 Å². The van der Waals surface area contributed by atoms with Gasteiger partial charge < -0.3 is 9.64 Å². The summed E-state index contributed by atoms with van der Waals surface area (Å²) in [6.45, 7) is 0.981. The molecule has 0 saturated heterocycles. The first-order chi connectivity index (χ1) is 15.3. The summed E-state index contributed by atoms with van der Waals surface area (Å²) in [6, 6.07) is 18.7. The quantitative estimate of drug-likeness (QED) is 0.438. The second kappa shape index (κ2) is 5.73. The van der Waals surface area contributed by atoms with E-state index in [0.29, 0.717) is 5.92 Å². The highest BCUT2D eigenvalue weighted by atomic mass is 16.5. The third-order valence-electron chi connectivity index (χ3n) is 8.91. The molecular weight excluding hydrogens is 378 g/mol. The first-order valence-electron chi connectivity index (χ1n) is 12.1. The minimum absolute atomic E-state index is 0.166. The van der Waals surface area contributed by atoms with Gasteiger partial charge in [-0.05, 0) is 82.8 Å². The van der Waals surface area contributed by atoms with Crippen molar-refractivity contribution in [3.05, 3.63) is 82.2 Å². The van der Waals surface area contributed by atoms with Gasteiger partial charge in [0.05, 0.1) is 5.54 Å². The maximum absolute atomic E-state index is 6.59. The molecule has 1 spiro atoms. The number of nitrogens with zero attached hydrogens (tertiary/aromatic N) is 1. The topological polar surface area (TPSA) is 12.5 Å². The molecular formula is C29H27NO. The predicted octanol–water partition coefficient (Wildman–Crippen LogP) is 6.88. The molecule has 0 aromatic heterocycles. The largest absolute Gasteiger partial charge is 0.441 e. The number of hydrogen-bond acceptors (Lipinski definition) is 2. The van der Waals surface area contributed by atoms with Crippen LogP contribution in [0.2, 0.25) is 0 Å². The maximum Gasteiger partial charge on any atom is 0.197 e. The molecule has 2 heteroatoms. The Morgan fingerprint density at radius 1 is 0.871 bits per heavy atom. The van der Waals surface area contributed by atoms with Gasteiger partial charge in [0.25, 0.3) is 0 Å². The van der Waals surface area contributed by atoms with Crippen molar-refractivity contribution in [3.8, 4) is 5.75 Å². The molecule has 3 aromatic carbocycles. The fourth-order valence-corrected chi connectivity index (χ4v) is 7.24. The van der Waals surface area contributed by atoms with E-state index in [1.54, 1.807) is 5.56 Å². The zero-order valence-electron chi connectivity index (χ0n) is 17.9. The lowest BCUT2D eigenvalue weighted by Crippen LogP contribution is -2.42. The number of benzene rings is 3. The summed E-state index contributed by atoms with van der Waals surface area (Å²) in [5.74, 6) is 3.41. The number of rotatable bonds is 1. The number of para-hydroxylation sites is 1. The smallest absolute Gasteiger partial charge is 0.197 e. The molecule has 2 nitrogen and oxygen atoms in total. The summed E-state index contributed by atoms with van der Waals surface area (Å²) in [7, 11) is 0. The van der Waals surface area contributed by atoms with E-state index in [-0.39, 0.29) is 5.54 Å². The van der Waals surface area contributed by atoms with Crippen molar-refractivity contribution in [1.29, 1.82) is 0 Å². The molecule has 3 heterocycles. The minimum Gasteiger partial charge on any atom is -0.441 e. The lowest BCUT2D eigenvalue weighted by atomic mass is 9.79. The van der Waals surface area contributed by atoms with Gasteiger partial charge in [-0.1, -0.05) is 49.6 Å². The van der Waals surface area contributed by atoms with E-state index in [4.69, 9.17) is 4.74 Å². The Morgan fingerprint density at radius 2 is 1.77 bits per heavy atom. The predicted molar refractivity (Wildman–Crippen MR) is 124 cm³/mol. The average Bonchev–Trinajstić information content (AvgIpc) is 3.53. The minimum atomic E-state index is 0.166. The fourth-order valence-electron chi connectivity index (χ4n) is 7.24. The molecule has 2 atom stereocenters. The normalized spacial score (nSPS) is 27.7. The molecule has 0 N–H and O–H groups in total. The molecule has 2 fully saturated rings. The molecule has 5 aliphatic rings. The van der Waals surface area contributed by atoms with Gasteiger partial charge in [-0.3, -0.25) is 0 Å². The molecule has 31 heavy (non-hydrogen) atoms. The van der Waals surface area contributed by atoms with E-state index in [2.05, 4.69) is 59.5 Å². The molecule has 3 aromatic rings. The van der Waals surface area contributed by atoms with Crippen LogP contribution in [0, 0.1) is 0 Å². The van der Waals surface area contributed by atoms with Gasteiger partial charge in [0.1, 0.15) is 5.75 Å². The van der Waals surface area contributed by atoms with E-state index >= 15 is 0 Å². The Bertz CT molecular complexity index is 1300. The first kappa shape index (κ1) is 16.9. The van der Waals surface area contributed by atoms with Gasteiger partial charge in [-0.2, -0.15) is 0 Å². The molecule has 0 amide bonds. The van der Waals surface area contributed by atoms with Crippen LogP contribution in [0.1, 0.15) is 78.2 Å². The van der Waals surface area contributed by atoms with Crippen molar-refractivity contribution in [1.82, 2.24) is 4.90 Å². The number of ether oxygens (including phenoxy) is 1. The molecule has 3 bridgehead atoms. The van der Waals surface area contributed by atoms with E-state index in [1.807, 2.05) is 0 Å². The SMILES string of the molecule is C1=C2Oc3ccccc3C3CC34Cc3ccc(C5CCCCC5)c5cc1c(cc35)CN24. The van der Waals surface area contributed by atoms with Gasteiger partial charge in [-0.15, -0.1) is 0 Å². The summed E-state index contributed by atoms with van der Waals surface area (Å²) >= 11 is 0. The summed E-state index contributed by atoms with van der Waals surface area (Å²) in [5, 5.41) is 3.04. The lowest BCUT2D eigenvalue weighted by Gasteiger charge is -2.40.